The molecule has 1 saturated carbocycles. The van der Waals surface area contributed by atoms with Crippen molar-refractivity contribution in [3.8, 4) is 5.75 Å². The molecule has 1 aliphatic carbocycles. The summed E-state index contributed by atoms with van der Waals surface area (Å²) in [5, 5.41) is 3.54. The van der Waals surface area contributed by atoms with E-state index in [4.69, 9.17) is 4.74 Å². The summed E-state index contributed by atoms with van der Waals surface area (Å²) in [6, 6.07) is 5.20. The van der Waals surface area contributed by atoms with Gasteiger partial charge in [0.05, 0.1) is 11.1 Å². The van der Waals surface area contributed by atoms with E-state index in [2.05, 4.69) is 21.2 Å². The first kappa shape index (κ1) is 13.8. The van der Waals surface area contributed by atoms with Crippen LogP contribution >= 0.6 is 15.9 Å². The van der Waals surface area contributed by atoms with Gasteiger partial charge in [0.15, 0.2) is 0 Å². The van der Waals surface area contributed by atoms with Gasteiger partial charge >= 0.3 is 0 Å². The smallest absolute Gasteiger partial charge is 0.133 e. The first-order valence-electron chi connectivity index (χ1n) is 6.57. The lowest BCUT2D eigenvalue weighted by atomic mass is 10.2. The highest BCUT2D eigenvalue weighted by molar-refractivity contribution is 9.10. The molecule has 0 aromatic heterocycles. The van der Waals surface area contributed by atoms with Crippen molar-refractivity contribution in [1.29, 1.82) is 0 Å². The molecule has 1 aliphatic rings. The number of hydrogen-bond donors (Lipinski definition) is 1. The second-order valence-electron chi connectivity index (χ2n) is 4.71. The molecule has 18 heavy (non-hydrogen) atoms. The highest BCUT2D eigenvalue weighted by atomic mass is 79.9. The van der Waals surface area contributed by atoms with Gasteiger partial charge in [0.2, 0.25) is 0 Å². The zero-order chi connectivity index (χ0) is 12.8. The van der Waals surface area contributed by atoms with Crippen LogP contribution in [0.5, 0.6) is 5.75 Å². The molecule has 1 aromatic rings. The van der Waals surface area contributed by atoms with Gasteiger partial charge in [-0.05, 0) is 59.9 Å². The van der Waals surface area contributed by atoms with Gasteiger partial charge < -0.3 is 10.1 Å². The van der Waals surface area contributed by atoms with Gasteiger partial charge in [0.1, 0.15) is 11.6 Å². The number of rotatable bonds is 6. The molecule has 0 spiro atoms. The Morgan fingerprint density at radius 1 is 1.33 bits per heavy atom. The molecule has 100 valence electrons. The Kier molecular flexibility index (Phi) is 5.45. The maximum Gasteiger partial charge on any atom is 0.133 e. The van der Waals surface area contributed by atoms with Crippen LogP contribution < -0.4 is 10.1 Å². The van der Waals surface area contributed by atoms with Crippen molar-refractivity contribution < 1.29 is 9.13 Å². The Labute approximate surface area is 116 Å². The lowest BCUT2D eigenvalue weighted by Crippen LogP contribution is -2.27. The van der Waals surface area contributed by atoms with Gasteiger partial charge in [-0.25, -0.2) is 4.39 Å². The molecule has 0 radical (unpaired) electrons. The zero-order valence-electron chi connectivity index (χ0n) is 10.4. The highest BCUT2D eigenvalue weighted by Crippen LogP contribution is 2.25. The molecule has 0 atom stereocenters. The van der Waals surface area contributed by atoms with Gasteiger partial charge in [-0.3, -0.25) is 0 Å². The van der Waals surface area contributed by atoms with E-state index in [1.165, 1.54) is 37.8 Å². The summed E-state index contributed by atoms with van der Waals surface area (Å²) in [4.78, 5) is 0. The minimum Gasteiger partial charge on any atom is -0.492 e. The van der Waals surface area contributed by atoms with Crippen molar-refractivity contribution in [2.45, 2.75) is 38.1 Å². The van der Waals surface area contributed by atoms with Crippen molar-refractivity contribution in [2.24, 2.45) is 0 Å². The molecule has 0 aliphatic heterocycles. The Hall–Kier alpha value is -0.610. The predicted molar refractivity (Wildman–Crippen MR) is 74.5 cm³/mol. The van der Waals surface area contributed by atoms with E-state index in [0.717, 1.165) is 13.0 Å². The predicted octanol–water partition coefficient (Wildman–Crippen LogP) is 3.89. The summed E-state index contributed by atoms with van der Waals surface area (Å²) in [7, 11) is 0. The van der Waals surface area contributed by atoms with Crippen molar-refractivity contribution in [1.82, 2.24) is 5.32 Å². The quantitative estimate of drug-likeness (QED) is 0.804. The van der Waals surface area contributed by atoms with E-state index < -0.39 is 0 Å². The van der Waals surface area contributed by atoms with Gasteiger partial charge in [0, 0.05) is 6.04 Å². The molecule has 1 fully saturated rings. The third-order valence-electron chi connectivity index (χ3n) is 3.26. The van der Waals surface area contributed by atoms with E-state index in [1.54, 1.807) is 6.07 Å². The normalized spacial score (nSPS) is 16.1. The molecular formula is C14H19BrFNO. The first-order valence-corrected chi connectivity index (χ1v) is 7.36. The fourth-order valence-corrected chi connectivity index (χ4v) is 2.75. The fourth-order valence-electron chi connectivity index (χ4n) is 2.28. The summed E-state index contributed by atoms with van der Waals surface area (Å²) >= 11 is 3.29. The molecule has 0 bridgehead atoms. The average molecular weight is 316 g/mol. The van der Waals surface area contributed by atoms with Crippen LogP contribution in [-0.2, 0) is 0 Å². The third kappa shape index (κ3) is 4.25. The molecule has 1 N–H and O–H groups in total. The number of nitrogens with one attached hydrogen (secondary N) is 1. The second-order valence-corrected chi connectivity index (χ2v) is 5.57. The number of ether oxygens (including phenoxy) is 1. The Morgan fingerprint density at radius 2 is 2.11 bits per heavy atom. The van der Waals surface area contributed by atoms with Crippen LogP contribution in [0.2, 0.25) is 0 Å². The molecule has 0 unspecified atom stereocenters. The monoisotopic (exact) mass is 315 g/mol. The minimum atomic E-state index is -0.253. The molecule has 4 heteroatoms. The molecule has 0 amide bonds. The van der Waals surface area contributed by atoms with Crippen LogP contribution in [0.15, 0.2) is 22.7 Å². The summed E-state index contributed by atoms with van der Waals surface area (Å²) in [6.07, 6.45) is 6.31. The summed E-state index contributed by atoms with van der Waals surface area (Å²) in [5.41, 5.74) is 0. The zero-order valence-corrected chi connectivity index (χ0v) is 12.0. The number of halogens is 2. The van der Waals surface area contributed by atoms with E-state index >= 15 is 0 Å². The fraction of sp³-hybridized carbons (Fsp3) is 0.571. The lowest BCUT2D eigenvalue weighted by Gasteiger charge is -2.12. The Bertz CT molecular complexity index is 380. The van der Waals surface area contributed by atoms with Crippen LogP contribution in [0, 0.1) is 5.82 Å². The van der Waals surface area contributed by atoms with Gasteiger partial charge in [-0.1, -0.05) is 12.8 Å². The van der Waals surface area contributed by atoms with Crippen molar-refractivity contribution in [3.63, 3.8) is 0 Å². The summed E-state index contributed by atoms with van der Waals surface area (Å²) in [5.74, 6) is 0.453. The molecule has 0 heterocycles. The molecule has 2 nitrogen and oxygen atoms in total. The number of benzene rings is 1. The van der Waals surface area contributed by atoms with Crippen molar-refractivity contribution in [3.05, 3.63) is 28.5 Å². The maximum atomic E-state index is 12.9. The van der Waals surface area contributed by atoms with Gasteiger partial charge in [-0.2, -0.15) is 0 Å². The van der Waals surface area contributed by atoms with Crippen molar-refractivity contribution in [2.75, 3.05) is 13.2 Å². The van der Waals surface area contributed by atoms with Crippen LogP contribution in [0.25, 0.3) is 0 Å². The van der Waals surface area contributed by atoms with E-state index in [9.17, 15) is 4.39 Å². The first-order chi connectivity index (χ1) is 8.75. The lowest BCUT2D eigenvalue weighted by molar-refractivity contribution is 0.302. The largest absolute Gasteiger partial charge is 0.492 e. The topological polar surface area (TPSA) is 21.3 Å². The average Bonchev–Trinajstić information content (AvgIpc) is 2.84. The molecular weight excluding hydrogens is 297 g/mol. The van der Waals surface area contributed by atoms with Crippen LogP contribution in [0.4, 0.5) is 4.39 Å². The van der Waals surface area contributed by atoms with Crippen LogP contribution in [0.3, 0.4) is 0 Å². The highest BCUT2D eigenvalue weighted by Gasteiger charge is 2.13. The van der Waals surface area contributed by atoms with Crippen molar-refractivity contribution >= 4 is 15.9 Å². The Morgan fingerprint density at radius 3 is 2.83 bits per heavy atom. The Balaban J connectivity index is 1.62. The minimum absolute atomic E-state index is 0.253. The molecule has 0 saturated heterocycles. The third-order valence-corrected chi connectivity index (χ3v) is 3.88. The summed E-state index contributed by atoms with van der Waals surface area (Å²) < 4.78 is 19.1. The van der Waals surface area contributed by atoms with E-state index in [-0.39, 0.29) is 5.82 Å². The van der Waals surface area contributed by atoms with Gasteiger partial charge in [0.25, 0.3) is 0 Å². The van der Waals surface area contributed by atoms with Crippen LogP contribution in [-0.4, -0.2) is 19.2 Å². The number of hydrogen-bond acceptors (Lipinski definition) is 2. The molecule has 2 rings (SSSR count). The van der Waals surface area contributed by atoms with E-state index in [0.29, 0.717) is 22.9 Å². The van der Waals surface area contributed by atoms with E-state index in [1.807, 2.05) is 0 Å². The van der Waals surface area contributed by atoms with Gasteiger partial charge in [-0.15, -0.1) is 0 Å². The molecule has 1 aromatic carbocycles. The maximum absolute atomic E-state index is 12.9. The van der Waals surface area contributed by atoms with Crippen LogP contribution in [0.1, 0.15) is 32.1 Å². The SMILES string of the molecule is Fc1ccc(OCCCNC2CCCC2)c(Br)c1. The summed E-state index contributed by atoms with van der Waals surface area (Å²) in [6.45, 7) is 1.65. The second kappa shape index (κ2) is 7.10. The standard InChI is InChI=1S/C14H19BrFNO/c15-13-10-11(16)6-7-14(13)18-9-3-8-17-12-4-1-2-5-12/h6-7,10,12,17H,1-5,8-9H2.